The van der Waals surface area contributed by atoms with E-state index in [0.29, 0.717) is 51.4 Å². The van der Waals surface area contributed by atoms with Crippen molar-refractivity contribution in [2.45, 2.75) is 291 Å². The fourth-order valence-electron chi connectivity index (χ4n) is 18.7. The number of aliphatic hydroxyl groups excluding tert-OH is 17. The van der Waals surface area contributed by atoms with Crippen LogP contribution in [0.15, 0.2) is 11.6 Å². The van der Waals surface area contributed by atoms with E-state index < -0.39 is 244 Å². The van der Waals surface area contributed by atoms with Crippen molar-refractivity contribution in [3.63, 3.8) is 0 Å². The van der Waals surface area contributed by atoms with Crippen LogP contribution in [-0.2, 0) is 61.6 Å². The second-order valence-corrected chi connectivity index (χ2v) is 30.5. The molecule has 6 heterocycles. The van der Waals surface area contributed by atoms with Gasteiger partial charge in [0.2, 0.25) is 6.29 Å². The van der Waals surface area contributed by atoms with Gasteiger partial charge in [0.1, 0.15) is 110 Å². The molecule has 6 aliphatic heterocycles. The van der Waals surface area contributed by atoms with Crippen molar-refractivity contribution >= 4 is 5.97 Å². The number of hydrogen-bond donors (Lipinski definition) is 17. The molecule has 30 heteroatoms. The van der Waals surface area contributed by atoms with Gasteiger partial charge >= 0.3 is 5.97 Å². The number of allylic oxidation sites excluding steroid dienone is 2. The number of aliphatic hydroxyl groups is 17. The minimum absolute atomic E-state index is 0.0839. The standard InChI is InChI=1S/C63H102O30/c1-24-35(70)39(74)42(77)53(85-24)89-47-31(69)22-83-52(44(47)79)88-46-25(2)86-54(43(78)40(46)75)91-49-37(72)30(68)21-84-56(49)93-57(81)63-15-13-58(3,4)17-27(63)26-9-10-34-59(5)18-28(66)50(60(6,23-65)33(59)11-12-62(34,8)61(26,7)14-16-63)92-55-45(80)48(38(73)32(19-64)87-55)90-51-41(76)36(71)29(67)20-82-51/h9,24-25,27-56,64-80H,10-23H2,1-8H3/t24-,25-,27-,28-,29+,30-,31+,32+,33+,34+,35-,36-,37+,38+,39+,40-,41+,42+,43+,44+,45+,46-,47-,48-,49+,50-,51-,52-,53-,54-,55-,56-,59-,60-,61+,62+,63-/m0/s1. The lowest BCUT2D eigenvalue weighted by molar-refractivity contribution is -0.377. The number of carbonyl (C=O) groups excluding carboxylic acids is 1. The summed E-state index contributed by atoms with van der Waals surface area (Å²) in [5, 5.41) is 187. The van der Waals surface area contributed by atoms with E-state index in [-0.39, 0.29) is 29.6 Å². The SMILES string of the molecule is C[C@@H]1O[C@@H](O[C@@H]2[C@@H](O)[C@H](O[C@@H]3[C@@H](O)[C@@H](O)[C@H](O[C@H]4[C@H](OC(=O)[C@]56CCC(C)(C)C[C@H]5C5=CC[C@@H]7[C@@]8(C)C[C@H](O)[C@H](O[C@@H]9O[C@H](CO)[C@@H](O)[C@H](O[C@@H]%10OC[C@@H](O)[C@H](O)[C@H]%10O)[C@H]9O)[C@@](C)(CO)[C@@H]8CC[C@@]7(C)[C@]5(C)CC6)OC[C@H](O)[C@H]4O)O[C@H]3C)OC[C@H]2O)[C@H](O)[C@H](O)[C@H]1O. The third-order valence-electron chi connectivity index (χ3n) is 24.5. The minimum atomic E-state index is -1.96. The lowest BCUT2D eigenvalue weighted by atomic mass is 9.33. The Hall–Kier alpha value is -1.91. The predicted molar refractivity (Wildman–Crippen MR) is 310 cm³/mol. The van der Waals surface area contributed by atoms with E-state index in [2.05, 4.69) is 40.7 Å². The molecule has 5 aliphatic carbocycles. The monoisotopic (exact) mass is 1340 g/mol. The maximum absolute atomic E-state index is 15.5. The Morgan fingerprint density at radius 2 is 1.04 bits per heavy atom. The van der Waals surface area contributed by atoms with Gasteiger partial charge in [-0.2, -0.15) is 0 Å². The molecule has 11 rings (SSSR count). The van der Waals surface area contributed by atoms with Crippen molar-refractivity contribution in [1.29, 1.82) is 0 Å². The van der Waals surface area contributed by atoms with E-state index in [1.54, 1.807) is 0 Å². The lowest BCUT2D eigenvalue weighted by Crippen LogP contribution is -2.70. The summed E-state index contributed by atoms with van der Waals surface area (Å²) in [7, 11) is 0. The highest BCUT2D eigenvalue weighted by Crippen LogP contribution is 2.76. The van der Waals surface area contributed by atoms with Gasteiger partial charge in [-0.15, -0.1) is 0 Å². The van der Waals surface area contributed by atoms with Crippen LogP contribution in [-0.4, -0.2) is 304 Å². The van der Waals surface area contributed by atoms with Crippen molar-refractivity contribution in [1.82, 2.24) is 0 Å². The first-order chi connectivity index (χ1) is 43.6. The Bertz CT molecular complexity index is 2630. The van der Waals surface area contributed by atoms with Gasteiger partial charge < -0.3 is 144 Å². The maximum atomic E-state index is 15.5. The number of ether oxygens (including phenoxy) is 12. The lowest BCUT2D eigenvalue weighted by Gasteiger charge is -2.72. The number of fused-ring (bicyclic) bond motifs is 7. The van der Waals surface area contributed by atoms with Gasteiger partial charge in [-0.1, -0.05) is 53.2 Å². The van der Waals surface area contributed by atoms with Gasteiger partial charge in [0.15, 0.2) is 37.6 Å². The Labute approximate surface area is 539 Å². The molecule has 6 saturated heterocycles. The molecule has 10 fully saturated rings. The van der Waals surface area contributed by atoms with Crippen LogP contribution in [0.3, 0.4) is 0 Å². The van der Waals surface area contributed by atoms with Crippen molar-refractivity contribution in [3.05, 3.63) is 11.6 Å². The molecule has 0 unspecified atom stereocenters. The summed E-state index contributed by atoms with van der Waals surface area (Å²) >= 11 is 0. The molecule has 17 N–H and O–H groups in total. The van der Waals surface area contributed by atoms with Crippen molar-refractivity contribution < 1.29 is 148 Å². The first-order valence-electron chi connectivity index (χ1n) is 33.0. The second-order valence-electron chi connectivity index (χ2n) is 30.5. The molecule has 30 nitrogen and oxygen atoms in total. The molecular weight excluding hydrogens is 1240 g/mol. The fraction of sp³-hybridized carbons (Fsp3) is 0.952. The number of esters is 1. The third-order valence-corrected chi connectivity index (χ3v) is 24.5. The van der Waals surface area contributed by atoms with Crippen molar-refractivity contribution in [2.24, 2.45) is 50.2 Å². The average Bonchev–Trinajstić information content (AvgIpc) is 0.674. The highest BCUT2D eigenvalue weighted by molar-refractivity contribution is 5.79. The maximum Gasteiger partial charge on any atom is 0.315 e. The summed E-state index contributed by atoms with van der Waals surface area (Å²) in [5.74, 6) is -1.33. The normalized spacial score (nSPS) is 55.7. The molecule has 0 aromatic rings. The van der Waals surface area contributed by atoms with Crippen molar-refractivity contribution in [2.75, 3.05) is 33.0 Å². The topological polar surface area (TPSA) is 472 Å². The van der Waals surface area contributed by atoms with E-state index >= 15 is 4.79 Å². The van der Waals surface area contributed by atoms with Crippen LogP contribution in [0.25, 0.3) is 0 Å². The Balaban J connectivity index is 0.784. The third kappa shape index (κ3) is 12.3. The van der Waals surface area contributed by atoms with Gasteiger partial charge in [-0.05, 0) is 111 Å². The highest BCUT2D eigenvalue weighted by atomic mass is 16.8. The second kappa shape index (κ2) is 26.9. The Kier molecular flexibility index (Phi) is 20.9. The van der Waals surface area contributed by atoms with Gasteiger partial charge in [-0.25, -0.2) is 0 Å². The van der Waals surface area contributed by atoms with E-state index in [9.17, 15) is 86.8 Å². The first-order valence-corrected chi connectivity index (χ1v) is 33.0. The minimum Gasteiger partial charge on any atom is -0.432 e. The van der Waals surface area contributed by atoms with Crippen LogP contribution < -0.4 is 0 Å². The quantitative estimate of drug-likeness (QED) is 0.0443. The summed E-state index contributed by atoms with van der Waals surface area (Å²) in [6, 6.07) is 0. The summed E-state index contributed by atoms with van der Waals surface area (Å²) < 4.78 is 71.0. The van der Waals surface area contributed by atoms with E-state index in [1.807, 2.05) is 6.92 Å². The molecule has 0 bridgehead atoms. The molecule has 37 atom stereocenters. The number of carbonyl (C=O) groups is 1. The van der Waals surface area contributed by atoms with Gasteiger partial charge in [0, 0.05) is 5.41 Å². The van der Waals surface area contributed by atoms with Gasteiger partial charge in [-0.3, -0.25) is 4.79 Å². The van der Waals surface area contributed by atoms with E-state index in [0.717, 1.165) is 5.57 Å². The zero-order chi connectivity index (χ0) is 67.7. The first kappa shape index (κ1) is 72.3. The zero-order valence-electron chi connectivity index (χ0n) is 53.9. The van der Waals surface area contributed by atoms with Crippen LogP contribution in [0.4, 0.5) is 0 Å². The molecule has 0 aromatic heterocycles. The van der Waals surface area contributed by atoms with E-state index in [1.165, 1.54) is 13.8 Å². The molecule has 0 aromatic carbocycles. The highest BCUT2D eigenvalue weighted by Gasteiger charge is 2.72. The number of rotatable bonds is 14. The molecule has 534 valence electrons. The largest absolute Gasteiger partial charge is 0.432 e. The van der Waals surface area contributed by atoms with Gasteiger partial charge in [0.05, 0.1) is 62.9 Å². The van der Waals surface area contributed by atoms with Gasteiger partial charge in [0.25, 0.3) is 0 Å². The molecule has 0 amide bonds. The fourth-order valence-corrected chi connectivity index (χ4v) is 18.7. The average molecular weight is 1340 g/mol. The molecule has 11 aliphatic rings. The summed E-state index contributed by atoms with van der Waals surface area (Å²) in [5.41, 5.74) is -2.99. The Morgan fingerprint density at radius 3 is 1.71 bits per heavy atom. The van der Waals surface area contributed by atoms with Crippen LogP contribution in [0.1, 0.15) is 113 Å². The van der Waals surface area contributed by atoms with E-state index in [4.69, 9.17) is 56.8 Å². The summed E-state index contributed by atoms with van der Waals surface area (Å²) in [4.78, 5) is 15.5. The van der Waals surface area contributed by atoms with Crippen LogP contribution in [0.5, 0.6) is 0 Å². The predicted octanol–water partition coefficient (Wildman–Crippen LogP) is -4.47. The molecule has 93 heavy (non-hydrogen) atoms. The van der Waals surface area contributed by atoms with Crippen LogP contribution in [0.2, 0.25) is 0 Å². The number of hydrogen-bond acceptors (Lipinski definition) is 30. The summed E-state index contributed by atoms with van der Waals surface area (Å²) in [6.45, 7) is 13.2. The zero-order valence-corrected chi connectivity index (χ0v) is 53.9. The molecule has 0 radical (unpaired) electrons. The molecule has 4 saturated carbocycles. The van der Waals surface area contributed by atoms with Crippen LogP contribution in [0, 0.1) is 50.2 Å². The Morgan fingerprint density at radius 1 is 0.495 bits per heavy atom. The molecule has 0 spiro atoms. The summed E-state index contributed by atoms with van der Waals surface area (Å²) in [6.07, 6.45) is -39.1. The molecular formula is C63H102O30. The smallest absolute Gasteiger partial charge is 0.315 e. The van der Waals surface area contributed by atoms with Crippen molar-refractivity contribution in [3.8, 4) is 0 Å². The van der Waals surface area contributed by atoms with Crippen LogP contribution >= 0.6 is 0 Å².